The summed E-state index contributed by atoms with van der Waals surface area (Å²) in [5.41, 5.74) is 1.13. The molecule has 0 saturated carbocycles. The van der Waals surface area contributed by atoms with Crippen LogP contribution in [0.25, 0.3) is 0 Å². The molecule has 0 aliphatic carbocycles. The van der Waals surface area contributed by atoms with Gasteiger partial charge in [0, 0.05) is 6.04 Å². The summed E-state index contributed by atoms with van der Waals surface area (Å²) in [4.78, 5) is 11.9. The monoisotopic (exact) mass is 249 g/mol. The second kappa shape index (κ2) is 7.04. The van der Waals surface area contributed by atoms with E-state index >= 15 is 0 Å². The van der Waals surface area contributed by atoms with Crippen LogP contribution in [0.1, 0.15) is 39.2 Å². The highest BCUT2D eigenvalue weighted by atomic mass is 16.5. The van der Waals surface area contributed by atoms with Crippen molar-refractivity contribution in [1.29, 1.82) is 0 Å². The Kier molecular flexibility index (Phi) is 5.69. The number of aryl methyl sites for hydroxylation is 1. The first-order valence-corrected chi connectivity index (χ1v) is 6.60. The first kappa shape index (κ1) is 14.6. The van der Waals surface area contributed by atoms with Gasteiger partial charge >= 0.3 is 0 Å². The van der Waals surface area contributed by atoms with Gasteiger partial charge in [0.2, 0.25) is 0 Å². The van der Waals surface area contributed by atoms with Crippen molar-refractivity contribution >= 4 is 5.91 Å². The van der Waals surface area contributed by atoms with Gasteiger partial charge in [-0.15, -0.1) is 0 Å². The lowest BCUT2D eigenvalue weighted by Crippen LogP contribution is -2.42. The SMILES string of the molecule is CCC(CC)NC(=O)[C@@H](C)Oc1cccc(C)c1. The van der Waals surface area contributed by atoms with Crippen molar-refractivity contribution in [3.05, 3.63) is 29.8 Å². The Morgan fingerprint density at radius 2 is 2.00 bits per heavy atom. The fraction of sp³-hybridized carbons (Fsp3) is 0.533. The zero-order chi connectivity index (χ0) is 13.5. The summed E-state index contributed by atoms with van der Waals surface area (Å²) < 4.78 is 5.63. The van der Waals surface area contributed by atoms with Crippen molar-refractivity contribution < 1.29 is 9.53 Å². The summed E-state index contributed by atoms with van der Waals surface area (Å²) in [5.74, 6) is 0.687. The summed E-state index contributed by atoms with van der Waals surface area (Å²) in [6.45, 7) is 7.92. The number of benzene rings is 1. The van der Waals surface area contributed by atoms with E-state index < -0.39 is 6.10 Å². The van der Waals surface area contributed by atoms with Crippen LogP contribution in [-0.4, -0.2) is 18.1 Å². The van der Waals surface area contributed by atoms with Crippen molar-refractivity contribution in [2.45, 2.75) is 52.7 Å². The lowest BCUT2D eigenvalue weighted by Gasteiger charge is -2.19. The van der Waals surface area contributed by atoms with Crippen molar-refractivity contribution in [3.63, 3.8) is 0 Å². The third-order valence-electron chi connectivity index (χ3n) is 3.00. The molecule has 0 bridgehead atoms. The average molecular weight is 249 g/mol. The average Bonchev–Trinajstić information content (AvgIpc) is 2.35. The lowest BCUT2D eigenvalue weighted by molar-refractivity contribution is -0.128. The van der Waals surface area contributed by atoms with Crippen LogP contribution in [0.15, 0.2) is 24.3 Å². The molecule has 0 aromatic heterocycles. The molecule has 3 heteroatoms. The van der Waals surface area contributed by atoms with Crippen LogP contribution in [0.5, 0.6) is 5.75 Å². The zero-order valence-electron chi connectivity index (χ0n) is 11.7. The van der Waals surface area contributed by atoms with Gasteiger partial charge in [-0.25, -0.2) is 0 Å². The Labute approximate surface area is 110 Å². The molecule has 0 spiro atoms. The van der Waals surface area contributed by atoms with E-state index in [2.05, 4.69) is 19.2 Å². The molecule has 1 N–H and O–H groups in total. The molecule has 0 fully saturated rings. The van der Waals surface area contributed by atoms with Gasteiger partial charge < -0.3 is 10.1 Å². The van der Waals surface area contributed by atoms with Crippen LogP contribution in [0.2, 0.25) is 0 Å². The molecule has 100 valence electrons. The van der Waals surface area contributed by atoms with Crippen LogP contribution in [0, 0.1) is 6.92 Å². The molecule has 1 rings (SSSR count). The van der Waals surface area contributed by atoms with E-state index in [0.717, 1.165) is 24.2 Å². The maximum atomic E-state index is 11.9. The molecular weight excluding hydrogens is 226 g/mol. The number of carbonyl (C=O) groups excluding carboxylic acids is 1. The molecule has 0 unspecified atom stereocenters. The Bertz CT molecular complexity index is 386. The van der Waals surface area contributed by atoms with Gasteiger partial charge in [-0.2, -0.15) is 0 Å². The molecule has 18 heavy (non-hydrogen) atoms. The molecule has 3 nitrogen and oxygen atoms in total. The number of carbonyl (C=O) groups is 1. The quantitative estimate of drug-likeness (QED) is 0.841. The molecule has 1 atom stereocenters. The topological polar surface area (TPSA) is 38.3 Å². The summed E-state index contributed by atoms with van der Waals surface area (Å²) in [7, 11) is 0. The van der Waals surface area contributed by atoms with Gasteiger partial charge in [0.05, 0.1) is 0 Å². The number of rotatable bonds is 6. The highest BCUT2D eigenvalue weighted by Crippen LogP contribution is 2.14. The highest BCUT2D eigenvalue weighted by Gasteiger charge is 2.17. The van der Waals surface area contributed by atoms with E-state index in [9.17, 15) is 4.79 Å². The van der Waals surface area contributed by atoms with Crippen molar-refractivity contribution in [2.75, 3.05) is 0 Å². The van der Waals surface area contributed by atoms with Gasteiger partial charge in [-0.3, -0.25) is 4.79 Å². The molecule has 0 saturated heterocycles. The Balaban J connectivity index is 2.54. The fourth-order valence-corrected chi connectivity index (χ4v) is 1.76. The molecule has 0 heterocycles. The van der Waals surface area contributed by atoms with E-state index in [-0.39, 0.29) is 11.9 Å². The zero-order valence-corrected chi connectivity index (χ0v) is 11.7. The van der Waals surface area contributed by atoms with Gasteiger partial charge in [0.1, 0.15) is 5.75 Å². The van der Waals surface area contributed by atoms with E-state index in [1.165, 1.54) is 0 Å². The normalized spacial score (nSPS) is 12.3. The van der Waals surface area contributed by atoms with Crippen LogP contribution in [0.4, 0.5) is 0 Å². The van der Waals surface area contributed by atoms with Gasteiger partial charge in [0.25, 0.3) is 5.91 Å². The Morgan fingerprint density at radius 1 is 1.33 bits per heavy atom. The van der Waals surface area contributed by atoms with Crippen molar-refractivity contribution in [3.8, 4) is 5.75 Å². The standard InChI is InChI=1S/C15H23NO2/c1-5-13(6-2)16-15(17)12(4)18-14-9-7-8-11(3)10-14/h7-10,12-13H,5-6H2,1-4H3,(H,16,17)/t12-/m1/s1. The van der Waals surface area contributed by atoms with Gasteiger partial charge in [0.15, 0.2) is 6.10 Å². The number of nitrogens with one attached hydrogen (secondary N) is 1. The second-order valence-corrected chi connectivity index (χ2v) is 4.60. The van der Waals surface area contributed by atoms with Crippen LogP contribution in [-0.2, 0) is 4.79 Å². The molecule has 1 aromatic rings. The van der Waals surface area contributed by atoms with Crippen LogP contribution >= 0.6 is 0 Å². The lowest BCUT2D eigenvalue weighted by atomic mass is 10.1. The Hall–Kier alpha value is -1.51. The molecular formula is C15H23NO2. The summed E-state index contributed by atoms with van der Waals surface area (Å²) >= 11 is 0. The molecule has 0 aliphatic heterocycles. The Morgan fingerprint density at radius 3 is 2.56 bits per heavy atom. The van der Waals surface area contributed by atoms with Crippen LogP contribution < -0.4 is 10.1 Å². The summed E-state index contributed by atoms with van der Waals surface area (Å²) in [6, 6.07) is 7.97. The maximum absolute atomic E-state index is 11.9. The van der Waals surface area contributed by atoms with E-state index in [0.29, 0.717) is 0 Å². The van der Waals surface area contributed by atoms with E-state index in [4.69, 9.17) is 4.74 Å². The fourth-order valence-electron chi connectivity index (χ4n) is 1.76. The number of hydrogen-bond acceptors (Lipinski definition) is 2. The summed E-state index contributed by atoms with van der Waals surface area (Å²) in [5, 5.41) is 2.99. The largest absolute Gasteiger partial charge is 0.481 e. The van der Waals surface area contributed by atoms with E-state index in [1.54, 1.807) is 6.92 Å². The van der Waals surface area contributed by atoms with Gasteiger partial charge in [-0.1, -0.05) is 26.0 Å². The molecule has 0 aliphatic rings. The minimum Gasteiger partial charge on any atom is -0.481 e. The van der Waals surface area contributed by atoms with E-state index in [1.807, 2.05) is 31.2 Å². The molecule has 0 radical (unpaired) electrons. The van der Waals surface area contributed by atoms with Crippen LogP contribution in [0.3, 0.4) is 0 Å². The minimum absolute atomic E-state index is 0.0507. The number of amides is 1. The minimum atomic E-state index is -0.465. The van der Waals surface area contributed by atoms with Crippen molar-refractivity contribution in [1.82, 2.24) is 5.32 Å². The first-order valence-electron chi connectivity index (χ1n) is 6.60. The highest BCUT2D eigenvalue weighted by molar-refractivity contribution is 5.81. The first-order chi connectivity index (χ1) is 8.56. The molecule has 1 amide bonds. The predicted molar refractivity (Wildman–Crippen MR) is 73.8 cm³/mol. The third-order valence-corrected chi connectivity index (χ3v) is 3.00. The van der Waals surface area contributed by atoms with Crippen molar-refractivity contribution in [2.24, 2.45) is 0 Å². The number of ether oxygens (including phenoxy) is 1. The number of hydrogen-bond donors (Lipinski definition) is 1. The molecule has 1 aromatic carbocycles. The van der Waals surface area contributed by atoms with Gasteiger partial charge in [-0.05, 0) is 44.4 Å². The maximum Gasteiger partial charge on any atom is 0.260 e. The summed E-state index contributed by atoms with van der Waals surface area (Å²) in [6.07, 6.45) is 1.42. The third kappa shape index (κ3) is 4.40. The predicted octanol–water partition coefficient (Wildman–Crippen LogP) is 3.07. The smallest absolute Gasteiger partial charge is 0.260 e. The second-order valence-electron chi connectivity index (χ2n) is 4.60.